The number of nitrogens with one attached hydrogen (secondary N) is 1. The zero-order chi connectivity index (χ0) is 15.2. The maximum atomic E-state index is 12.4. The molecule has 0 bridgehead atoms. The van der Waals surface area contributed by atoms with Crippen LogP contribution in [0.4, 0.5) is 11.4 Å². The maximum absolute atomic E-state index is 12.4. The Labute approximate surface area is 124 Å². The quantitative estimate of drug-likeness (QED) is 0.824. The highest BCUT2D eigenvalue weighted by atomic mass is 16.5. The highest BCUT2D eigenvalue weighted by Gasteiger charge is 2.13. The van der Waals surface area contributed by atoms with Crippen LogP contribution in [0.1, 0.15) is 29.3 Å². The van der Waals surface area contributed by atoms with Gasteiger partial charge in [0, 0.05) is 11.4 Å². The van der Waals surface area contributed by atoms with Gasteiger partial charge in [0.15, 0.2) is 0 Å². The Morgan fingerprint density at radius 3 is 2.71 bits per heavy atom. The average Bonchev–Trinajstić information content (AvgIpc) is 2.48. The Hall–Kier alpha value is -2.49. The number of para-hydroxylation sites is 1. The summed E-state index contributed by atoms with van der Waals surface area (Å²) in [6.45, 7) is 4.52. The van der Waals surface area contributed by atoms with E-state index in [9.17, 15) is 4.79 Å². The van der Waals surface area contributed by atoms with E-state index in [-0.39, 0.29) is 5.91 Å². The van der Waals surface area contributed by atoms with E-state index in [2.05, 4.69) is 5.32 Å². The molecule has 0 fully saturated rings. The predicted octanol–water partition coefficient (Wildman–Crippen LogP) is 3.62. The number of nitrogen functional groups attached to an aromatic ring is 1. The molecule has 2 aromatic carbocycles. The van der Waals surface area contributed by atoms with Crippen molar-refractivity contribution in [1.82, 2.24) is 0 Å². The van der Waals surface area contributed by atoms with Gasteiger partial charge in [0.05, 0.1) is 12.2 Å². The number of carbonyl (C=O) groups is 1. The van der Waals surface area contributed by atoms with Gasteiger partial charge in [0.2, 0.25) is 0 Å². The number of rotatable bonds is 5. The number of aryl methyl sites for hydroxylation is 1. The van der Waals surface area contributed by atoms with Crippen molar-refractivity contribution in [2.45, 2.75) is 20.3 Å². The molecule has 0 radical (unpaired) electrons. The minimum Gasteiger partial charge on any atom is -0.493 e. The lowest BCUT2D eigenvalue weighted by Crippen LogP contribution is -2.14. The molecule has 21 heavy (non-hydrogen) atoms. The number of hydrogen-bond acceptors (Lipinski definition) is 3. The largest absolute Gasteiger partial charge is 0.493 e. The van der Waals surface area contributed by atoms with E-state index in [0.717, 1.165) is 17.7 Å². The number of anilines is 2. The van der Waals surface area contributed by atoms with Crippen molar-refractivity contribution in [3.05, 3.63) is 53.6 Å². The highest BCUT2D eigenvalue weighted by Crippen LogP contribution is 2.22. The van der Waals surface area contributed by atoms with Crippen LogP contribution in [-0.4, -0.2) is 12.5 Å². The molecule has 0 atom stereocenters. The second kappa shape index (κ2) is 6.79. The zero-order valence-electron chi connectivity index (χ0n) is 12.3. The summed E-state index contributed by atoms with van der Waals surface area (Å²) in [5.74, 6) is 0.416. The summed E-state index contributed by atoms with van der Waals surface area (Å²) in [6, 6.07) is 12.6. The maximum Gasteiger partial charge on any atom is 0.259 e. The first-order chi connectivity index (χ1) is 10.1. The number of ether oxygens (including phenoxy) is 1. The molecular formula is C17H20N2O2. The second-order valence-corrected chi connectivity index (χ2v) is 4.87. The Morgan fingerprint density at radius 2 is 2.00 bits per heavy atom. The third-order valence-electron chi connectivity index (χ3n) is 3.09. The summed E-state index contributed by atoms with van der Waals surface area (Å²) in [5, 5.41) is 2.90. The molecule has 0 aromatic heterocycles. The van der Waals surface area contributed by atoms with Crippen LogP contribution in [0, 0.1) is 6.92 Å². The van der Waals surface area contributed by atoms with Gasteiger partial charge in [-0.05, 0) is 49.2 Å². The van der Waals surface area contributed by atoms with Gasteiger partial charge in [-0.1, -0.05) is 19.1 Å². The molecule has 0 aliphatic heterocycles. The molecule has 0 unspecified atom stereocenters. The van der Waals surface area contributed by atoms with Crippen molar-refractivity contribution in [3.63, 3.8) is 0 Å². The molecule has 0 saturated carbocycles. The lowest BCUT2D eigenvalue weighted by atomic mass is 10.1. The van der Waals surface area contributed by atoms with E-state index in [0.29, 0.717) is 23.6 Å². The van der Waals surface area contributed by atoms with Crippen LogP contribution in [0.5, 0.6) is 5.75 Å². The number of nitrogens with two attached hydrogens (primary N) is 1. The fourth-order valence-electron chi connectivity index (χ4n) is 2.01. The van der Waals surface area contributed by atoms with E-state index in [1.165, 1.54) is 0 Å². The minimum absolute atomic E-state index is 0.186. The number of amides is 1. The van der Waals surface area contributed by atoms with Gasteiger partial charge in [-0.25, -0.2) is 0 Å². The van der Waals surface area contributed by atoms with Crippen LogP contribution in [-0.2, 0) is 0 Å². The average molecular weight is 284 g/mol. The molecule has 110 valence electrons. The summed E-state index contributed by atoms with van der Waals surface area (Å²) in [5.41, 5.74) is 8.60. The molecule has 0 saturated heterocycles. The van der Waals surface area contributed by atoms with Crippen molar-refractivity contribution in [1.29, 1.82) is 0 Å². The molecule has 4 nitrogen and oxygen atoms in total. The summed E-state index contributed by atoms with van der Waals surface area (Å²) in [4.78, 5) is 12.4. The van der Waals surface area contributed by atoms with Crippen LogP contribution in [0.3, 0.4) is 0 Å². The van der Waals surface area contributed by atoms with Gasteiger partial charge >= 0.3 is 0 Å². The Kier molecular flexibility index (Phi) is 4.82. The molecule has 0 aliphatic carbocycles. The van der Waals surface area contributed by atoms with E-state index in [4.69, 9.17) is 10.5 Å². The topological polar surface area (TPSA) is 64.3 Å². The minimum atomic E-state index is -0.186. The van der Waals surface area contributed by atoms with Gasteiger partial charge in [-0.2, -0.15) is 0 Å². The van der Waals surface area contributed by atoms with Crippen LogP contribution in [0.15, 0.2) is 42.5 Å². The van der Waals surface area contributed by atoms with E-state index in [1.807, 2.05) is 32.0 Å². The molecule has 4 heteroatoms. The van der Waals surface area contributed by atoms with Gasteiger partial charge < -0.3 is 15.8 Å². The van der Waals surface area contributed by atoms with Crippen LogP contribution in [0.2, 0.25) is 0 Å². The number of carbonyl (C=O) groups excluding carboxylic acids is 1. The molecule has 2 aromatic rings. The standard InChI is InChI=1S/C17H20N2O2/c1-3-10-21-16-7-5-4-6-14(16)17(20)19-15-9-8-13(18)11-12(15)2/h4-9,11H,3,10,18H2,1-2H3,(H,19,20). The molecule has 2 rings (SSSR count). The van der Waals surface area contributed by atoms with Gasteiger partial charge in [0.1, 0.15) is 5.75 Å². The van der Waals surface area contributed by atoms with E-state index in [1.54, 1.807) is 24.3 Å². The Morgan fingerprint density at radius 1 is 1.24 bits per heavy atom. The lowest BCUT2D eigenvalue weighted by molar-refractivity contribution is 0.102. The predicted molar refractivity (Wildman–Crippen MR) is 85.8 cm³/mol. The van der Waals surface area contributed by atoms with Crippen LogP contribution in [0.25, 0.3) is 0 Å². The van der Waals surface area contributed by atoms with Gasteiger partial charge in [0.25, 0.3) is 5.91 Å². The van der Waals surface area contributed by atoms with Crippen molar-refractivity contribution < 1.29 is 9.53 Å². The van der Waals surface area contributed by atoms with Crippen molar-refractivity contribution >= 4 is 17.3 Å². The fourth-order valence-corrected chi connectivity index (χ4v) is 2.01. The first-order valence-corrected chi connectivity index (χ1v) is 7.01. The Balaban J connectivity index is 2.20. The van der Waals surface area contributed by atoms with E-state index >= 15 is 0 Å². The van der Waals surface area contributed by atoms with E-state index < -0.39 is 0 Å². The first kappa shape index (κ1) is 14.9. The zero-order valence-corrected chi connectivity index (χ0v) is 12.3. The summed E-state index contributed by atoms with van der Waals surface area (Å²) in [7, 11) is 0. The van der Waals surface area contributed by atoms with Crippen molar-refractivity contribution in [2.24, 2.45) is 0 Å². The smallest absolute Gasteiger partial charge is 0.259 e. The third kappa shape index (κ3) is 3.75. The monoisotopic (exact) mass is 284 g/mol. The molecule has 0 aliphatic rings. The highest BCUT2D eigenvalue weighted by molar-refractivity contribution is 6.06. The number of benzene rings is 2. The summed E-state index contributed by atoms with van der Waals surface area (Å²) < 4.78 is 5.61. The number of hydrogen-bond donors (Lipinski definition) is 2. The first-order valence-electron chi connectivity index (χ1n) is 7.01. The normalized spacial score (nSPS) is 10.2. The van der Waals surface area contributed by atoms with Crippen molar-refractivity contribution in [2.75, 3.05) is 17.7 Å². The third-order valence-corrected chi connectivity index (χ3v) is 3.09. The molecule has 1 amide bonds. The molecule has 0 spiro atoms. The molecule has 3 N–H and O–H groups in total. The van der Waals surface area contributed by atoms with Gasteiger partial charge in [-0.15, -0.1) is 0 Å². The SMILES string of the molecule is CCCOc1ccccc1C(=O)Nc1ccc(N)cc1C. The second-order valence-electron chi connectivity index (χ2n) is 4.87. The molecular weight excluding hydrogens is 264 g/mol. The van der Waals surface area contributed by atoms with Crippen LogP contribution >= 0.6 is 0 Å². The fraction of sp³-hybridized carbons (Fsp3) is 0.235. The van der Waals surface area contributed by atoms with Gasteiger partial charge in [-0.3, -0.25) is 4.79 Å². The summed E-state index contributed by atoms with van der Waals surface area (Å²) in [6.07, 6.45) is 0.896. The Bertz CT molecular complexity index is 638. The molecule has 0 heterocycles. The summed E-state index contributed by atoms with van der Waals surface area (Å²) >= 11 is 0. The lowest BCUT2D eigenvalue weighted by Gasteiger charge is -2.12. The van der Waals surface area contributed by atoms with Crippen molar-refractivity contribution in [3.8, 4) is 5.75 Å². The van der Waals surface area contributed by atoms with Crippen LogP contribution < -0.4 is 15.8 Å².